The number of ether oxygens (including phenoxy) is 2. The van der Waals surface area contributed by atoms with E-state index in [-0.39, 0.29) is 6.42 Å². The van der Waals surface area contributed by atoms with Crippen LogP contribution < -0.4 is 15.4 Å². The molecule has 0 bridgehead atoms. The molecule has 0 aliphatic heterocycles. The molecule has 4 rings (SSSR count). The number of benzene rings is 3. The second-order valence-corrected chi connectivity index (χ2v) is 8.62. The van der Waals surface area contributed by atoms with Gasteiger partial charge in [0, 0.05) is 12.0 Å². The highest BCUT2D eigenvalue weighted by atomic mass is 32.1. The molecule has 9 heteroatoms. The first-order valence-electron chi connectivity index (χ1n) is 10.8. The van der Waals surface area contributed by atoms with Crippen LogP contribution in [-0.4, -0.2) is 42.5 Å². The van der Waals surface area contributed by atoms with Gasteiger partial charge in [0.15, 0.2) is 11.7 Å². The smallest absolute Gasteiger partial charge is 0.329 e. The number of anilines is 1. The summed E-state index contributed by atoms with van der Waals surface area (Å²) in [5.74, 6) is -0.952. The quantitative estimate of drug-likeness (QED) is 0.346. The lowest BCUT2D eigenvalue weighted by atomic mass is 10.1. The van der Waals surface area contributed by atoms with Gasteiger partial charge in [-0.1, -0.05) is 59.9 Å². The van der Waals surface area contributed by atoms with E-state index in [1.807, 2.05) is 36.4 Å². The lowest BCUT2D eigenvalue weighted by Crippen LogP contribution is -2.44. The number of thiazole rings is 1. The summed E-state index contributed by atoms with van der Waals surface area (Å²) in [5.41, 5.74) is 1.98. The van der Waals surface area contributed by atoms with Gasteiger partial charge < -0.3 is 14.8 Å². The Bertz CT molecular complexity index is 1320. The summed E-state index contributed by atoms with van der Waals surface area (Å²) >= 11 is 1.28. The minimum Gasteiger partial charge on any atom is -0.497 e. The molecule has 0 aliphatic carbocycles. The molecule has 0 spiro atoms. The first-order valence-corrected chi connectivity index (χ1v) is 11.6. The third-order valence-electron chi connectivity index (χ3n) is 5.10. The Balaban J connectivity index is 1.39. The molecule has 0 radical (unpaired) electrons. The maximum atomic E-state index is 12.8. The molecule has 0 fully saturated rings. The molecular formula is C26H23N3O5S. The molecule has 1 heterocycles. The van der Waals surface area contributed by atoms with E-state index in [1.165, 1.54) is 11.3 Å². The van der Waals surface area contributed by atoms with Gasteiger partial charge in [0.05, 0.1) is 17.3 Å². The van der Waals surface area contributed by atoms with Crippen LogP contribution >= 0.6 is 11.3 Å². The number of hydrogen-bond acceptors (Lipinski definition) is 7. The van der Waals surface area contributed by atoms with Crippen LogP contribution in [0.25, 0.3) is 10.2 Å². The molecule has 0 aliphatic rings. The van der Waals surface area contributed by atoms with Crippen molar-refractivity contribution in [1.82, 2.24) is 10.3 Å². The number of nitrogens with one attached hydrogen (secondary N) is 2. The van der Waals surface area contributed by atoms with E-state index in [2.05, 4.69) is 15.6 Å². The average molecular weight is 490 g/mol. The van der Waals surface area contributed by atoms with Gasteiger partial charge in [0.25, 0.3) is 11.8 Å². The van der Waals surface area contributed by atoms with Crippen LogP contribution in [0.3, 0.4) is 0 Å². The molecule has 4 aromatic rings. The van der Waals surface area contributed by atoms with E-state index in [0.717, 1.165) is 15.8 Å². The summed E-state index contributed by atoms with van der Waals surface area (Å²) in [6.07, 6.45) is 0.222. The Morgan fingerprint density at radius 3 is 2.40 bits per heavy atom. The monoisotopic (exact) mass is 489 g/mol. The van der Waals surface area contributed by atoms with Gasteiger partial charge in [-0.2, -0.15) is 0 Å². The van der Waals surface area contributed by atoms with Crippen molar-refractivity contribution in [3.63, 3.8) is 0 Å². The number of aromatic nitrogens is 1. The molecule has 35 heavy (non-hydrogen) atoms. The Kier molecular flexibility index (Phi) is 7.69. The van der Waals surface area contributed by atoms with Gasteiger partial charge >= 0.3 is 5.97 Å². The standard InChI is InChI=1S/C26H23N3O5S/c1-33-19-12-13-20-22(15-19)35-26(28-20)29-23(30)16-34-25(32)21(14-17-8-4-2-5-9-17)27-24(31)18-10-6-3-7-11-18/h2-13,15,21H,14,16H2,1H3,(H,27,31)(H,28,29,30). The number of amides is 2. The van der Waals surface area contributed by atoms with Gasteiger partial charge in [0.1, 0.15) is 11.8 Å². The molecule has 8 nitrogen and oxygen atoms in total. The number of methoxy groups -OCH3 is 1. The van der Waals surface area contributed by atoms with Gasteiger partial charge in [-0.25, -0.2) is 9.78 Å². The molecule has 2 amide bonds. The summed E-state index contributed by atoms with van der Waals surface area (Å²) in [5, 5.41) is 5.74. The van der Waals surface area contributed by atoms with Crippen LogP contribution in [0.4, 0.5) is 5.13 Å². The Hall–Kier alpha value is -4.24. The van der Waals surface area contributed by atoms with Crippen molar-refractivity contribution in [2.75, 3.05) is 19.0 Å². The maximum Gasteiger partial charge on any atom is 0.329 e. The lowest BCUT2D eigenvalue weighted by Gasteiger charge is -2.18. The summed E-state index contributed by atoms with van der Waals surface area (Å²) in [6.45, 7) is -0.509. The summed E-state index contributed by atoms with van der Waals surface area (Å²) in [4.78, 5) is 42.2. The van der Waals surface area contributed by atoms with Crippen molar-refractivity contribution in [1.29, 1.82) is 0 Å². The van der Waals surface area contributed by atoms with E-state index in [1.54, 1.807) is 49.6 Å². The molecule has 1 atom stereocenters. The fourth-order valence-corrected chi connectivity index (χ4v) is 4.26. The number of esters is 1. The number of hydrogen-bond donors (Lipinski definition) is 2. The zero-order valence-electron chi connectivity index (χ0n) is 18.9. The highest BCUT2D eigenvalue weighted by Gasteiger charge is 2.24. The van der Waals surface area contributed by atoms with Crippen molar-refractivity contribution in [2.24, 2.45) is 0 Å². The minimum absolute atomic E-state index is 0.222. The summed E-state index contributed by atoms with van der Waals surface area (Å²) in [7, 11) is 1.58. The van der Waals surface area contributed by atoms with E-state index < -0.39 is 30.4 Å². The number of nitrogens with zero attached hydrogens (tertiary/aromatic N) is 1. The fourth-order valence-electron chi connectivity index (χ4n) is 3.35. The molecule has 3 aromatic carbocycles. The van der Waals surface area contributed by atoms with Crippen molar-refractivity contribution < 1.29 is 23.9 Å². The molecule has 0 saturated carbocycles. The second-order valence-electron chi connectivity index (χ2n) is 7.59. The van der Waals surface area contributed by atoms with Crippen molar-refractivity contribution in [2.45, 2.75) is 12.5 Å². The normalized spacial score (nSPS) is 11.5. The fraction of sp³-hybridized carbons (Fsp3) is 0.154. The van der Waals surface area contributed by atoms with Crippen LogP contribution in [-0.2, 0) is 20.7 Å². The lowest BCUT2D eigenvalue weighted by molar-refractivity contribution is -0.149. The van der Waals surface area contributed by atoms with Crippen LogP contribution in [0.2, 0.25) is 0 Å². The third kappa shape index (κ3) is 6.42. The van der Waals surface area contributed by atoms with E-state index in [0.29, 0.717) is 16.4 Å². The molecule has 2 N–H and O–H groups in total. The third-order valence-corrected chi connectivity index (χ3v) is 6.03. The molecule has 1 aromatic heterocycles. The Morgan fingerprint density at radius 2 is 1.69 bits per heavy atom. The van der Waals surface area contributed by atoms with Crippen LogP contribution in [0.1, 0.15) is 15.9 Å². The highest BCUT2D eigenvalue weighted by Crippen LogP contribution is 2.29. The average Bonchev–Trinajstić information content (AvgIpc) is 3.29. The van der Waals surface area contributed by atoms with Crippen molar-refractivity contribution in [3.8, 4) is 5.75 Å². The van der Waals surface area contributed by atoms with Crippen LogP contribution in [0, 0.1) is 0 Å². The van der Waals surface area contributed by atoms with Gasteiger partial charge in [-0.15, -0.1) is 0 Å². The van der Waals surface area contributed by atoms with Crippen LogP contribution in [0.5, 0.6) is 5.75 Å². The Labute approximate surface area is 205 Å². The van der Waals surface area contributed by atoms with E-state index in [9.17, 15) is 14.4 Å². The summed E-state index contributed by atoms with van der Waals surface area (Å²) < 4.78 is 11.3. The predicted molar refractivity (Wildman–Crippen MR) is 134 cm³/mol. The van der Waals surface area contributed by atoms with Crippen molar-refractivity contribution in [3.05, 3.63) is 90.0 Å². The number of carbonyl (C=O) groups is 3. The number of carbonyl (C=O) groups excluding carboxylic acids is 3. The number of rotatable bonds is 9. The molecule has 1 unspecified atom stereocenters. The number of fused-ring (bicyclic) bond motifs is 1. The zero-order valence-corrected chi connectivity index (χ0v) is 19.7. The largest absolute Gasteiger partial charge is 0.497 e. The Morgan fingerprint density at radius 1 is 0.971 bits per heavy atom. The van der Waals surface area contributed by atoms with Crippen LogP contribution in [0.15, 0.2) is 78.9 Å². The van der Waals surface area contributed by atoms with Crippen molar-refractivity contribution >= 4 is 44.5 Å². The SMILES string of the molecule is COc1ccc2nc(NC(=O)COC(=O)C(Cc3ccccc3)NC(=O)c3ccccc3)sc2c1. The predicted octanol–water partition coefficient (Wildman–Crippen LogP) is 3.83. The molecule has 0 saturated heterocycles. The minimum atomic E-state index is -0.965. The first kappa shape index (κ1) is 23.9. The molecular weight excluding hydrogens is 466 g/mol. The first-order chi connectivity index (χ1) is 17.0. The topological polar surface area (TPSA) is 107 Å². The molecule has 178 valence electrons. The highest BCUT2D eigenvalue weighted by molar-refractivity contribution is 7.22. The zero-order chi connectivity index (χ0) is 24.6. The van der Waals surface area contributed by atoms with Gasteiger partial charge in [0.2, 0.25) is 0 Å². The van der Waals surface area contributed by atoms with Gasteiger partial charge in [-0.3, -0.25) is 14.9 Å². The second kappa shape index (κ2) is 11.3. The summed E-state index contributed by atoms with van der Waals surface area (Å²) in [6, 6.07) is 22.3. The van der Waals surface area contributed by atoms with Gasteiger partial charge in [-0.05, 0) is 35.9 Å². The maximum absolute atomic E-state index is 12.8. The van der Waals surface area contributed by atoms with E-state index >= 15 is 0 Å². The van der Waals surface area contributed by atoms with E-state index in [4.69, 9.17) is 9.47 Å².